The Morgan fingerprint density at radius 1 is 1.19 bits per heavy atom. The maximum absolute atomic E-state index is 12.0. The Bertz CT molecular complexity index is 321. The van der Waals surface area contributed by atoms with Crippen LogP contribution in [-0.4, -0.2) is 17.4 Å². The maximum atomic E-state index is 12.0. The second-order valence-corrected chi connectivity index (χ2v) is 3.69. The Labute approximate surface area is 91.9 Å². The second-order valence-electron chi connectivity index (χ2n) is 3.69. The van der Waals surface area contributed by atoms with Crippen LogP contribution >= 0.6 is 0 Å². The lowest BCUT2D eigenvalue weighted by Crippen LogP contribution is -2.28. The Hall–Kier alpha value is -1.23. The van der Waals surface area contributed by atoms with E-state index in [1.54, 1.807) is 24.3 Å². The van der Waals surface area contributed by atoms with E-state index in [2.05, 4.69) is 0 Å². The van der Waals surface area contributed by atoms with E-state index >= 15 is 0 Å². The van der Waals surface area contributed by atoms with E-state index in [1.807, 2.05) is 0 Å². The minimum Gasteiger partial charge on any atom is -0.399 e. The van der Waals surface area contributed by atoms with Gasteiger partial charge in [-0.3, -0.25) is 0 Å². The first-order valence-electron chi connectivity index (χ1n) is 4.99. The number of aryl methyl sites for hydroxylation is 1. The zero-order valence-electron chi connectivity index (χ0n) is 8.67. The molecule has 0 saturated heterocycles. The molecule has 0 heterocycles. The number of aliphatic hydroxyl groups excluding tert-OH is 1. The number of hydrogen-bond donors (Lipinski definition) is 2. The molecule has 3 N–H and O–H groups in total. The Morgan fingerprint density at radius 3 is 2.25 bits per heavy atom. The van der Waals surface area contributed by atoms with Crippen molar-refractivity contribution in [3.63, 3.8) is 0 Å². The average molecular weight is 233 g/mol. The van der Waals surface area contributed by atoms with Crippen LogP contribution in [0.1, 0.15) is 18.4 Å². The quantitative estimate of drug-likeness (QED) is 0.785. The number of nitrogens with two attached hydrogens (primary N) is 1. The normalized spacial score (nSPS) is 13.8. The summed E-state index contributed by atoms with van der Waals surface area (Å²) < 4.78 is 35.9. The van der Waals surface area contributed by atoms with Crippen LogP contribution in [-0.2, 0) is 6.42 Å². The number of halogens is 3. The van der Waals surface area contributed by atoms with Gasteiger partial charge in [0.05, 0.1) is 0 Å². The molecule has 16 heavy (non-hydrogen) atoms. The fourth-order valence-electron chi connectivity index (χ4n) is 1.35. The van der Waals surface area contributed by atoms with Crippen molar-refractivity contribution in [2.75, 3.05) is 5.73 Å². The summed E-state index contributed by atoms with van der Waals surface area (Å²) in [4.78, 5) is 0. The third kappa shape index (κ3) is 4.10. The molecule has 1 aromatic rings. The van der Waals surface area contributed by atoms with Crippen LogP contribution in [0.5, 0.6) is 0 Å². The Morgan fingerprint density at radius 2 is 1.75 bits per heavy atom. The fourth-order valence-corrected chi connectivity index (χ4v) is 1.35. The summed E-state index contributed by atoms with van der Waals surface area (Å²) >= 11 is 0. The first-order valence-corrected chi connectivity index (χ1v) is 4.99. The van der Waals surface area contributed by atoms with E-state index < -0.39 is 12.3 Å². The van der Waals surface area contributed by atoms with Gasteiger partial charge in [-0.05, 0) is 37.0 Å². The van der Waals surface area contributed by atoms with Crippen LogP contribution in [0.2, 0.25) is 0 Å². The highest BCUT2D eigenvalue weighted by atomic mass is 19.4. The van der Waals surface area contributed by atoms with E-state index in [0.29, 0.717) is 18.5 Å². The molecular weight excluding hydrogens is 219 g/mol. The number of benzene rings is 1. The van der Waals surface area contributed by atoms with Crippen molar-refractivity contribution in [1.82, 2.24) is 0 Å². The molecule has 0 bridgehead atoms. The van der Waals surface area contributed by atoms with Crippen LogP contribution in [0, 0.1) is 0 Å². The number of alkyl halides is 3. The molecule has 0 aliphatic heterocycles. The number of aliphatic hydroxyl groups is 1. The molecule has 90 valence electrons. The first-order chi connectivity index (χ1) is 7.39. The van der Waals surface area contributed by atoms with Gasteiger partial charge in [-0.2, -0.15) is 13.2 Å². The molecule has 0 fully saturated rings. The molecule has 0 amide bonds. The summed E-state index contributed by atoms with van der Waals surface area (Å²) in [6.45, 7) is 0. The summed E-state index contributed by atoms with van der Waals surface area (Å²) in [5.74, 6) is 0. The van der Waals surface area contributed by atoms with Crippen molar-refractivity contribution in [2.24, 2.45) is 0 Å². The number of hydrogen-bond acceptors (Lipinski definition) is 2. The zero-order valence-corrected chi connectivity index (χ0v) is 8.67. The van der Waals surface area contributed by atoms with Crippen LogP contribution in [0.3, 0.4) is 0 Å². The smallest absolute Gasteiger partial charge is 0.399 e. The molecule has 1 unspecified atom stereocenters. The van der Waals surface area contributed by atoms with Crippen LogP contribution in [0.4, 0.5) is 18.9 Å². The third-order valence-electron chi connectivity index (χ3n) is 2.30. The molecule has 0 aliphatic rings. The van der Waals surface area contributed by atoms with Gasteiger partial charge in [-0.25, -0.2) is 0 Å². The monoisotopic (exact) mass is 233 g/mol. The molecular formula is C11H14F3NO. The van der Waals surface area contributed by atoms with Gasteiger partial charge in [-0.1, -0.05) is 12.1 Å². The van der Waals surface area contributed by atoms with Crippen molar-refractivity contribution in [3.05, 3.63) is 29.8 Å². The largest absolute Gasteiger partial charge is 0.414 e. The van der Waals surface area contributed by atoms with Gasteiger partial charge < -0.3 is 10.8 Å². The van der Waals surface area contributed by atoms with Gasteiger partial charge in [0.2, 0.25) is 0 Å². The van der Waals surface area contributed by atoms with E-state index in [0.717, 1.165) is 5.56 Å². The van der Waals surface area contributed by atoms with Gasteiger partial charge in [0.15, 0.2) is 0 Å². The van der Waals surface area contributed by atoms with Gasteiger partial charge in [0.1, 0.15) is 6.10 Å². The summed E-state index contributed by atoms with van der Waals surface area (Å²) in [6.07, 6.45) is -6.20. The molecule has 0 aliphatic carbocycles. The molecule has 1 aromatic carbocycles. The Kier molecular flexibility index (Phi) is 4.18. The van der Waals surface area contributed by atoms with Crippen molar-refractivity contribution in [3.8, 4) is 0 Å². The highest BCUT2D eigenvalue weighted by Gasteiger charge is 2.37. The molecule has 0 saturated carbocycles. The molecule has 2 nitrogen and oxygen atoms in total. The van der Waals surface area contributed by atoms with E-state index in [1.165, 1.54) is 0 Å². The predicted molar refractivity (Wildman–Crippen MR) is 55.9 cm³/mol. The zero-order chi connectivity index (χ0) is 12.2. The average Bonchev–Trinajstić information content (AvgIpc) is 2.19. The topological polar surface area (TPSA) is 46.2 Å². The highest BCUT2D eigenvalue weighted by molar-refractivity contribution is 5.39. The van der Waals surface area contributed by atoms with Crippen LogP contribution in [0.25, 0.3) is 0 Å². The number of rotatable bonds is 4. The SMILES string of the molecule is Nc1ccc(CCCC(O)C(F)(F)F)cc1. The molecule has 0 aromatic heterocycles. The summed E-state index contributed by atoms with van der Waals surface area (Å²) in [5, 5.41) is 8.76. The van der Waals surface area contributed by atoms with Crippen molar-refractivity contribution >= 4 is 5.69 Å². The van der Waals surface area contributed by atoms with E-state index in [9.17, 15) is 13.2 Å². The first kappa shape index (κ1) is 12.8. The van der Waals surface area contributed by atoms with Gasteiger partial charge >= 0.3 is 6.18 Å². The Balaban J connectivity index is 2.33. The lowest BCUT2D eigenvalue weighted by Gasteiger charge is -2.13. The minimum atomic E-state index is -4.51. The lowest BCUT2D eigenvalue weighted by atomic mass is 10.1. The minimum absolute atomic E-state index is 0.270. The standard InChI is InChI=1S/C11H14F3NO/c12-11(13,14)10(16)3-1-2-8-4-6-9(15)7-5-8/h4-7,10,16H,1-3,15H2. The van der Waals surface area contributed by atoms with Crippen molar-refractivity contribution in [1.29, 1.82) is 0 Å². The molecule has 0 radical (unpaired) electrons. The van der Waals surface area contributed by atoms with Crippen molar-refractivity contribution in [2.45, 2.75) is 31.5 Å². The molecule has 0 spiro atoms. The molecule has 1 atom stereocenters. The predicted octanol–water partition coefficient (Wildman–Crippen LogP) is 2.51. The molecule has 1 rings (SSSR count). The number of anilines is 1. The van der Waals surface area contributed by atoms with Gasteiger partial charge in [0.25, 0.3) is 0 Å². The third-order valence-corrected chi connectivity index (χ3v) is 2.30. The summed E-state index contributed by atoms with van der Waals surface area (Å²) in [7, 11) is 0. The summed E-state index contributed by atoms with van der Waals surface area (Å²) in [6, 6.07) is 6.95. The maximum Gasteiger partial charge on any atom is 0.414 e. The second kappa shape index (κ2) is 5.21. The van der Waals surface area contributed by atoms with E-state index in [-0.39, 0.29) is 6.42 Å². The van der Waals surface area contributed by atoms with Gasteiger partial charge in [-0.15, -0.1) is 0 Å². The number of nitrogen functional groups attached to an aromatic ring is 1. The fraction of sp³-hybridized carbons (Fsp3) is 0.455. The van der Waals surface area contributed by atoms with Crippen LogP contribution in [0.15, 0.2) is 24.3 Å². The highest BCUT2D eigenvalue weighted by Crippen LogP contribution is 2.23. The lowest BCUT2D eigenvalue weighted by molar-refractivity contribution is -0.205. The van der Waals surface area contributed by atoms with E-state index in [4.69, 9.17) is 10.8 Å². The molecule has 5 heteroatoms. The summed E-state index contributed by atoms with van der Waals surface area (Å²) in [5.41, 5.74) is 7.02. The van der Waals surface area contributed by atoms with Crippen molar-refractivity contribution < 1.29 is 18.3 Å². The van der Waals surface area contributed by atoms with Gasteiger partial charge in [0, 0.05) is 5.69 Å². The van der Waals surface area contributed by atoms with Crippen LogP contribution < -0.4 is 5.73 Å².